The van der Waals surface area contributed by atoms with Gasteiger partial charge < -0.3 is 10.1 Å². The van der Waals surface area contributed by atoms with Crippen molar-refractivity contribution >= 4 is 5.82 Å². The number of hydrogen-bond donors (Lipinski definition) is 1. The molecule has 4 nitrogen and oxygen atoms in total. The lowest BCUT2D eigenvalue weighted by atomic mass is 10.1. The summed E-state index contributed by atoms with van der Waals surface area (Å²) in [6.45, 7) is 6.58. The molecule has 0 bridgehead atoms. The Morgan fingerprint density at radius 2 is 1.68 bits per heavy atom. The predicted octanol–water partition coefficient (Wildman–Crippen LogP) is 3.20. The molecule has 1 heterocycles. The van der Waals surface area contributed by atoms with Gasteiger partial charge in [0.15, 0.2) is 5.82 Å². The zero-order chi connectivity index (χ0) is 13.8. The predicted molar refractivity (Wildman–Crippen MR) is 77.7 cm³/mol. The number of ether oxygens (including phenoxy) is 1. The summed E-state index contributed by atoms with van der Waals surface area (Å²) in [4.78, 5) is 9.15. The van der Waals surface area contributed by atoms with Crippen molar-refractivity contribution in [2.45, 2.75) is 20.8 Å². The molecular formula is C15H19N3O. The Bertz CT molecular complexity index is 564. The maximum atomic E-state index is 5.44. The highest BCUT2D eigenvalue weighted by atomic mass is 16.5. The molecule has 0 amide bonds. The molecule has 0 saturated heterocycles. The SMILES string of the molecule is CCOc1ccc(-c2nc(C)c(C)nc2NC)cc1. The lowest BCUT2D eigenvalue weighted by Crippen LogP contribution is -2.02. The Morgan fingerprint density at radius 1 is 1.05 bits per heavy atom. The number of aromatic nitrogens is 2. The third kappa shape index (κ3) is 2.84. The highest BCUT2D eigenvalue weighted by Crippen LogP contribution is 2.26. The summed E-state index contributed by atoms with van der Waals surface area (Å²) in [6.07, 6.45) is 0. The molecule has 0 saturated carbocycles. The molecule has 0 unspecified atom stereocenters. The first-order valence-corrected chi connectivity index (χ1v) is 6.42. The third-order valence-electron chi connectivity index (χ3n) is 2.98. The molecule has 2 aromatic rings. The van der Waals surface area contributed by atoms with Crippen LogP contribution in [0.3, 0.4) is 0 Å². The van der Waals surface area contributed by atoms with Crippen molar-refractivity contribution in [3.63, 3.8) is 0 Å². The molecule has 0 aliphatic carbocycles. The third-order valence-corrected chi connectivity index (χ3v) is 2.98. The van der Waals surface area contributed by atoms with E-state index in [9.17, 15) is 0 Å². The van der Waals surface area contributed by atoms with Gasteiger partial charge in [-0.1, -0.05) is 0 Å². The highest BCUT2D eigenvalue weighted by Gasteiger charge is 2.10. The van der Waals surface area contributed by atoms with Crippen molar-refractivity contribution in [3.8, 4) is 17.0 Å². The van der Waals surface area contributed by atoms with Crippen LogP contribution < -0.4 is 10.1 Å². The zero-order valence-electron chi connectivity index (χ0n) is 11.8. The summed E-state index contributed by atoms with van der Waals surface area (Å²) in [5.41, 5.74) is 3.79. The first kappa shape index (κ1) is 13.3. The molecule has 2 rings (SSSR count). The van der Waals surface area contributed by atoms with Crippen molar-refractivity contribution in [1.82, 2.24) is 9.97 Å². The smallest absolute Gasteiger partial charge is 0.152 e. The monoisotopic (exact) mass is 257 g/mol. The summed E-state index contributed by atoms with van der Waals surface area (Å²) in [5.74, 6) is 1.67. The number of nitrogens with zero attached hydrogens (tertiary/aromatic N) is 2. The van der Waals surface area contributed by atoms with Crippen LogP contribution in [-0.2, 0) is 0 Å². The second kappa shape index (κ2) is 5.69. The van der Waals surface area contributed by atoms with Crippen molar-refractivity contribution in [2.75, 3.05) is 19.0 Å². The van der Waals surface area contributed by atoms with E-state index in [1.807, 2.05) is 52.1 Å². The quantitative estimate of drug-likeness (QED) is 0.913. The van der Waals surface area contributed by atoms with Crippen LogP contribution in [0.1, 0.15) is 18.3 Å². The van der Waals surface area contributed by atoms with Crippen LogP contribution in [0.15, 0.2) is 24.3 Å². The summed E-state index contributed by atoms with van der Waals surface area (Å²) < 4.78 is 5.44. The molecule has 0 aliphatic rings. The van der Waals surface area contributed by atoms with E-state index in [0.29, 0.717) is 6.61 Å². The van der Waals surface area contributed by atoms with Crippen LogP contribution in [0.4, 0.5) is 5.82 Å². The van der Waals surface area contributed by atoms with Gasteiger partial charge in [0.2, 0.25) is 0 Å². The van der Waals surface area contributed by atoms with E-state index in [2.05, 4.69) is 15.3 Å². The lowest BCUT2D eigenvalue weighted by Gasteiger charge is -2.11. The van der Waals surface area contributed by atoms with E-state index >= 15 is 0 Å². The van der Waals surface area contributed by atoms with Gasteiger partial charge >= 0.3 is 0 Å². The van der Waals surface area contributed by atoms with Gasteiger partial charge in [-0.25, -0.2) is 9.97 Å². The molecule has 0 radical (unpaired) electrons. The second-order valence-corrected chi connectivity index (χ2v) is 4.30. The van der Waals surface area contributed by atoms with E-state index in [-0.39, 0.29) is 0 Å². The molecular weight excluding hydrogens is 238 g/mol. The fourth-order valence-corrected chi connectivity index (χ4v) is 1.85. The Kier molecular flexibility index (Phi) is 4.00. The van der Waals surface area contributed by atoms with Crippen molar-refractivity contribution in [2.24, 2.45) is 0 Å². The number of rotatable bonds is 4. The van der Waals surface area contributed by atoms with Crippen molar-refractivity contribution < 1.29 is 4.74 Å². The van der Waals surface area contributed by atoms with Gasteiger partial charge in [-0.05, 0) is 45.0 Å². The van der Waals surface area contributed by atoms with Crippen LogP contribution in [0.5, 0.6) is 5.75 Å². The van der Waals surface area contributed by atoms with E-state index < -0.39 is 0 Å². The van der Waals surface area contributed by atoms with Gasteiger partial charge in [0.1, 0.15) is 11.4 Å². The minimum absolute atomic E-state index is 0.671. The number of aryl methyl sites for hydroxylation is 2. The lowest BCUT2D eigenvalue weighted by molar-refractivity contribution is 0.340. The first-order valence-electron chi connectivity index (χ1n) is 6.42. The van der Waals surface area contributed by atoms with Crippen LogP contribution in [0, 0.1) is 13.8 Å². The Morgan fingerprint density at radius 3 is 2.26 bits per heavy atom. The molecule has 1 N–H and O–H groups in total. The molecule has 1 aromatic carbocycles. The summed E-state index contributed by atoms with van der Waals surface area (Å²) >= 11 is 0. The Balaban J connectivity index is 2.43. The minimum Gasteiger partial charge on any atom is -0.494 e. The standard InChI is InChI=1S/C15H19N3O/c1-5-19-13-8-6-12(7-9-13)14-15(16-4)18-11(3)10(2)17-14/h6-9H,5H2,1-4H3,(H,16,18). The van der Waals surface area contributed by atoms with E-state index in [4.69, 9.17) is 4.74 Å². The fourth-order valence-electron chi connectivity index (χ4n) is 1.85. The summed E-state index contributed by atoms with van der Waals surface area (Å²) in [6, 6.07) is 7.92. The van der Waals surface area contributed by atoms with Crippen LogP contribution >= 0.6 is 0 Å². The topological polar surface area (TPSA) is 47.0 Å². The van der Waals surface area contributed by atoms with Crippen molar-refractivity contribution in [1.29, 1.82) is 0 Å². The van der Waals surface area contributed by atoms with Gasteiger partial charge in [-0.2, -0.15) is 0 Å². The normalized spacial score (nSPS) is 10.3. The van der Waals surface area contributed by atoms with Gasteiger partial charge in [0, 0.05) is 12.6 Å². The molecule has 0 atom stereocenters. The Labute approximate surface area is 113 Å². The van der Waals surface area contributed by atoms with E-state index in [1.54, 1.807) is 0 Å². The average molecular weight is 257 g/mol. The Hall–Kier alpha value is -2.10. The molecule has 1 aromatic heterocycles. The first-order chi connectivity index (χ1) is 9.15. The number of nitrogens with one attached hydrogen (secondary N) is 1. The maximum absolute atomic E-state index is 5.44. The summed E-state index contributed by atoms with van der Waals surface area (Å²) in [7, 11) is 1.86. The molecule has 100 valence electrons. The second-order valence-electron chi connectivity index (χ2n) is 4.30. The van der Waals surface area contributed by atoms with Crippen LogP contribution in [0.2, 0.25) is 0 Å². The maximum Gasteiger partial charge on any atom is 0.152 e. The number of benzene rings is 1. The highest BCUT2D eigenvalue weighted by molar-refractivity contribution is 5.72. The van der Waals surface area contributed by atoms with E-state index in [0.717, 1.165) is 34.2 Å². The zero-order valence-corrected chi connectivity index (χ0v) is 11.8. The largest absolute Gasteiger partial charge is 0.494 e. The number of anilines is 1. The fraction of sp³-hybridized carbons (Fsp3) is 0.333. The van der Waals surface area contributed by atoms with Crippen molar-refractivity contribution in [3.05, 3.63) is 35.7 Å². The minimum atomic E-state index is 0.671. The van der Waals surface area contributed by atoms with Crippen LogP contribution in [-0.4, -0.2) is 23.6 Å². The van der Waals surface area contributed by atoms with Gasteiger partial charge in [-0.15, -0.1) is 0 Å². The molecule has 0 aliphatic heterocycles. The average Bonchev–Trinajstić information content (AvgIpc) is 2.43. The van der Waals surface area contributed by atoms with Crippen LogP contribution in [0.25, 0.3) is 11.3 Å². The van der Waals surface area contributed by atoms with Gasteiger partial charge in [-0.3, -0.25) is 0 Å². The number of hydrogen-bond acceptors (Lipinski definition) is 4. The molecule has 0 spiro atoms. The van der Waals surface area contributed by atoms with E-state index in [1.165, 1.54) is 0 Å². The molecule has 4 heteroatoms. The van der Waals surface area contributed by atoms with Gasteiger partial charge in [0.25, 0.3) is 0 Å². The molecule has 0 fully saturated rings. The van der Waals surface area contributed by atoms with Gasteiger partial charge in [0.05, 0.1) is 18.0 Å². The summed E-state index contributed by atoms with van der Waals surface area (Å²) in [5, 5.41) is 3.10. The molecule has 19 heavy (non-hydrogen) atoms.